The van der Waals surface area contributed by atoms with Gasteiger partial charge in [-0.3, -0.25) is 4.98 Å². The molecule has 7 heteroatoms. The standard InChI is InChI=1S/C22H17F3N2O2/c1-2-14-4-3-5-16(8-6-14)28-20-13-26-11-10-17(20)21-27-18-12-15(22(23,24)25)7-9-19(18)29-21/h3-5,7-13H,2,6H2,1H3. The second kappa shape index (κ2) is 7.58. The van der Waals surface area contributed by atoms with Crippen LogP contribution in [0.4, 0.5) is 13.2 Å². The van der Waals surface area contributed by atoms with E-state index in [0.29, 0.717) is 17.1 Å². The van der Waals surface area contributed by atoms with Crippen molar-refractivity contribution >= 4 is 11.1 Å². The van der Waals surface area contributed by atoms with Gasteiger partial charge in [0.25, 0.3) is 0 Å². The van der Waals surface area contributed by atoms with Gasteiger partial charge in [-0.25, -0.2) is 4.98 Å². The van der Waals surface area contributed by atoms with E-state index in [1.807, 2.05) is 18.2 Å². The Morgan fingerprint density at radius 2 is 2.07 bits per heavy atom. The van der Waals surface area contributed by atoms with Crippen molar-refractivity contribution in [1.82, 2.24) is 9.97 Å². The van der Waals surface area contributed by atoms with Crippen molar-refractivity contribution in [3.05, 3.63) is 77.9 Å². The maximum atomic E-state index is 13.0. The molecule has 4 rings (SSSR count). The number of fused-ring (bicyclic) bond motifs is 1. The molecule has 0 unspecified atom stereocenters. The lowest BCUT2D eigenvalue weighted by Gasteiger charge is -2.09. The van der Waals surface area contributed by atoms with Gasteiger partial charge < -0.3 is 9.15 Å². The van der Waals surface area contributed by atoms with Crippen LogP contribution in [0.15, 0.2) is 76.7 Å². The van der Waals surface area contributed by atoms with E-state index in [0.717, 1.165) is 25.0 Å². The summed E-state index contributed by atoms with van der Waals surface area (Å²) in [4.78, 5) is 8.32. The summed E-state index contributed by atoms with van der Waals surface area (Å²) in [7, 11) is 0. The summed E-state index contributed by atoms with van der Waals surface area (Å²) in [5.41, 5.74) is 1.41. The van der Waals surface area contributed by atoms with Crippen LogP contribution in [0.25, 0.3) is 22.6 Å². The zero-order chi connectivity index (χ0) is 20.4. The highest BCUT2D eigenvalue weighted by molar-refractivity contribution is 5.78. The largest absolute Gasteiger partial charge is 0.455 e. The van der Waals surface area contributed by atoms with Crippen LogP contribution in [0.1, 0.15) is 25.3 Å². The predicted octanol–water partition coefficient (Wildman–Crippen LogP) is 6.47. The highest BCUT2D eigenvalue weighted by Crippen LogP contribution is 2.35. The van der Waals surface area contributed by atoms with Gasteiger partial charge in [0, 0.05) is 6.20 Å². The molecule has 2 heterocycles. The van der Waals surface area contributed by atoms with Crippen molar-refractivity contribution in [3.63, 3.8) is 0 Å². The Hall–Kier alpha value is -3.35. The van der Waals surface area contributed by atoms with Gasteiger partial charge in [0.2, 0.25) is 5.89 Å². The number of hydrogen-bond acceptors (Lipinski definition) is 4. The van der Waals surface area contributed by atoms with E-state index >= 15 is 0 Å². The molecule has 0 atom stereocenters. The smallest absolute Gasteiger partial charge is 0.416 e. The van der Waals surface area contributed by atoms with Gasteiger partial charge in [-0.1, -0.05) is 24.6 Å². The minimum atomic E-state index is -4.44. The van der Waals surface area contributed by atoms with Gasteiger partial charge in [0.05, 0.1) is 17.3 Å². The van der Waals surface area contributed by atoms with Gasteiger partial charge in [-0.05, 0) is 49.3 Å². The number of ether oxygens (including phenoxy) is 1. The van der Waals surface area contributed by atoms with E-state index in [1.165, 1.54) is 17.8 Å². The van der Waals surface area contributed by atoms with Gasteiger partial charge in [0.15, 0.2) is 11.3 Å². The number of pyridine rings is 1. The second-order valence-corrected chi connectivity index (χ2v) is 6.52. The highest BCUT2D eigenvalue weighted by atomic mass is 19.4. The molecule has 0 saturated heterocycles. The first kappa shape index (κ1) is 19.0. The van der Waals surface area contributed by atoms with E-state index < -0.39 is 11.7 Å². The number of oxazole rings is 1. The van der Waals surface area contributed by atoms with Crippen LogP contribution in [0.2, 0.25) is 0 Å². The average Bonchev–Trinajstić information content (AvgIpc) is 2.99. The number of nitrogens with zero attached hydrogens (tertiary/aromatic N) is 2. The lowest BCUT2D eigenvalue weighted by Crippen LogP contribution is -2.03. The Balaban J connectivity index is 1.67. The first-order valence-electron chi connectivity index (χ1n) is 9.10. The summed E-state index contributed by atoms with van der Waals surface area (Å²) in [6, 6.07) is 4.87. The molecule has 148 valence electrons. The van der Waals surface area contributed by atoms with E-state index in [2.05, 4.69) is 23.0 Å². The lowest BCUT2D eigenvalue weighted by molar-refractivity contribution is -0.137. The monoisotopic (exact) mass is 398 g/mol. The first-order chi connectivity index (χ1) is 13.9. The van der Waals surface area contributed by atoms with Gasteiger partial charge >= 0.3 is 6.18 Å². The Morgan fingerprint density at radius 3 is 2.86 bits per heavy atom. The summed E-state index contributed by atoms with van der Waals surface area (Å²) in [5, 5.41) is 0. The number of allylic oxidation sites excluding steroid dienone is 5. The molecule has 1 aliphatic carbocycles. The Kier molecular flexibility index (Phi) is 4.96. The molecule has 1 aromatic carbocycles. The zero-order valence-electron chi connectivity index (χ0n) is 15.5. The van der Waals surface area contributed by atoms with Crippen LogP contribution >= 0.6 is 0 Å². The number of hydrogen-bond donors (Lipinski definition) is 0. The number of alkyl halides is 3. The summed E-state index contributed by atoms with van der Waals surface area (Å²) >= 11 is 0. The van der Waals surface area contributed by atoms with Crippen molar-refractivity contribution < 1.29 is 22.3 Å². The summed E-state index contributed by atoms with van der Waals surface area (Å²) in [6.45, 7) is 2.09. The zero-order valence-corrected chi connectivity index (χ0v) is 15.5. The number of benzene rings is 1. The molecular weight excluding hydrogens is 381 g/mol. The number of rotatable bonds is 4. The quantitative estimate of drug-likeness (QED) is 0.505. The van der Waals surface area contributed by atoms with Gasteiger partial charge in [-0.2, -0.15) is 13.2 Å². The van der Waals surface area contributed by atoms with Crippen LogP contribution in [0, 0.1) is 0 Å². The Labute approximate surface area is 165 Å². The third-order valence-corrected chi connectivity index (χ3v) is 4.57. The van der Waals surface area contributed by atoms with E-state index in [1.54, 1.807) is 12.3 Å². The van der Waals surface area contributed by atoms with Crippen LogP contribution in [0.3, 0.4) is 0 Å². The molecule has 2 aromatic heterocycles. The van der Waals surface area contributed by atoms with Crippen molar-refractivity contribution in [3.8, 4) is 17.2 Å². The van der Waals surface area contributed by atoms with Crippen molar-refractivity contribution in [2.75, 3.05) is 0 Å². The fraction of sp³-hybridized carbons (Fsp3) is 0.182. The molecule has 0 aliphatic heterocycles. The molecule has 0 spiro atoms. The molecule has 0 N–H and O–H groups in total. The van der Waals surface area contributed by atoms with Crippen LogP contribution in [0.5, 0.6) is 5.75 Å². The van der Waals surface area contributed by atoms with Crippen molar-refractivity contribution in [1.29, 1.82) is 0 Å². The molecule has 0 fully saturated rings. The molecular formula is C22H17F3N2O2. The van der Waals surface area contributed by atoms with Crippen molar-refractivity contribution in [2.24, 2.45) is 0 Å². The SMILES string of the molecule is CCC1=CC=CC(Oc2cnccc2-c2nc3cc(C(F)(F)F)ccc3o2)=CC1. The van der Waals surface area contributed by atoms with Gasteiger partial charge in [0.1, 0.15) is 11.3 Å². The minimum absolute atomic E-state index is 0.128. The van der Waals surface area contributed by atoms with E-state index in [-0.39, 0.29) is 17.0 Å². The summed E-state index contributed by atoms with van der Waals surface area (Å²) < 4.78 is 50.5. The molecule has 1 aliphatic rings. The number of halogens is 3. The van der Waals surface area contributed by atoms with Crippen LogP contribution < -0.4 is 4.74 Å². The molecule has 4 nitrogen and oxygen atoms in total. The first-order valence-corrected chi connectivity index (χ1v) is 9.10. The third-order valence-electron chi connectivity index (χ3n) is 4.57. The Morgan fingerprint density at radius 1 is 1.21 bits per heavy atom. The normalized spacial score (nSPS) is 14.5. The summed E-state index contributed by atoms with van der Waals surface area (Å²) in [6.07, 6.45) is 8.15. The maximum absolute atomic E-state index is 13.0. The minimum Gasteiger partial charge on any atom is -0.455 e. The van der Waals surface area contributed by atoms with Crippen molar-refractivity contribution in [2.45, 2.75) is 25.9 Å². The Bertz CT molecular complexity index is 1140. The number of aromatic nitrogens is 2. The molecule has 3 aromatic rings. The summed E-state index contributed by atoms with van der Waals surface area (Å²) in [5.74, 6) is 1.22. The van der Waals surface area contributed by atoms with E-state index in [4.69, 9.17) is 9.15 Å². The predicted molar refractivity (Wildman–Crippen MR) is 103 cm³/mol. The fourth-order valence-corrected chi connectivity index (χ4v) is 2.97. The molecule has 0 amide bonds. The van der Waals surface area contributed by atoms with Crippen LogP contribution in [-0.4, -0.2) is 9.97 Å². The molecule has 0 radical (unpaired) electrons. The second-order valence-electron chi connectivity index (χ2n) is 6.52. The average molecular weight is 398 g/mol. The van der Waals surface area contributed by atoms with Gasteiger partial charge in [-0.15, -0.1) is 0 Å². The lowest BCUT2D eigenvalue weighted by atomic mass is 10.1. The molecule has 0 saturated carbocycles. The molecule has 0 bridgehead atoms. The molecule has 29 heavy (non-hydrogen) atoms. The van der Waals surface area contributed by atoms with Crippen LogP contribution in [-0.2, 0) is 6.18 Å². The highest BCUT2D eigenvalue weighted by Gasteiger charge is 2.31. The third kappa shape index (κ3) is 4.08. The topological polar surface area (TPSA) is 48.2 Å². The van der Waals surface area contributed by atoms with E-state index in [9.17, 15) is 13.2 Å². The maximum Gasteiger partial charge on any atom is 0.416 e. The fourth-order valence-electron chi connectivity index (χ4n) is 2.97.